The number of benzene rings is 1. The van der Waals surface area contributed by atoms with Gasteiger partial charge in [-0.2, -0.15) is 8.42 Å². The van der Waals surface area contributed by atoms with Gasteiger partial charge in [0.1, 0.15) is 10.7 Å². The molecule has 9 nitrogen and oxygen atoms in total. The van der Waals surface area contributed by atoms with Crippen LogP contribution in [0.25, 0.3) is 0 Å². The number of sulfonamides is 1. The number of nitrogens with one attached hydrogen (secondary N) is 1. The van der Waals surface area contributed by atoms with Crippen LogP contribution in [0.1, 0.15) is 33.6 Å². The largest absolute Gasteiger partial charge is 0.450 e. The molecule has 1 saturated heterocycles. The van der Waals surface area contributed by atoms with Crippen LogP contribution >= 0.6 is 0 Å². The van der Waals surface area contributed by atoms with Crippen molar-refractivity contribution in [2.75, 3.05) is 38.1 Å². The molecule has 0 unspecified atom stereocenters. The Kier molecular flexibility index (Phi) is 6.35. The molecule has 1 N–H and O–H groups in total. The number of anilines is 1. The smallest absolute Gasteiger partial charge is 0.409 e. The van der Waals surface area contributed by atoms with Gasteiger partial charge in [0, 0.05) is 39.0 Å². The van der Waals surface area contributed by atoms with Gasteiger partial charge >= 0.3 is 6.09 Å². The van der Waals surface area contributed by atoms with E-state index in [1.807, 2.05) is 13.8 Å². The Bertz CT molecular complexity index is 950. The second kappa shape index (κ2) is 8.63. The van der Waals surface area contributed by atoms with Crippen molar-refractivity contribution >= 4 is 33.5 Å². The molecule has 0 radical (unpaired) electrons. The minimum absolute atomic E-state index is 0.0248. The van der Waals surface area contributed by atoms with Crippen LogP contribution in [-0.2, 0) is 19.6 Å². The summed E-state index contributed by atoms with van der Waals surface area (Å²) in [5, 5.41) is 3.08. The Labute approximate surface area is 177 Å². The van der Waals surface area contributed by atoms with E-state index >= 15 is 0 Å². The quantitative estimate of drug-likeness (QED) is 0.759. The first kappa shape index (κ1) is 22.1. The molecule has 0 atom stereocenters. The summed E-state index contributed by atoms with van der Waals surface area (Å²) in [4.78, 5) is 28.1. The lowest BCUT2D eigenvalue weighted by Gasteiger charge is -2.36. The predicted molar refractivity (Wildman–Crippen MR) is 113 cm³/mol. The van der Waals surface area contributed by atoms with E-state index in [-0.39, 0.29) is 23.3 Å². The molecule has 2 aliphatic rings. The number of amidine groups is 1. The third kappa shape index (κ3) is 5.10. The summed E-state index contributed by atoms with van der Waals surface area (Å²) in [6, 6.07) is 6.63. The highest BCUT2D eigenvalue weighted by Gasteiger charge is 2.32. The fraction of sp³-hybridized carbons (Fsp3) is 0.550. The van der Waals surface area contributed by atoms with E-state index in [1.54, 1.807) is 34.9 Å². The zero-order valence-corrected chi connectivity index (χ0v) is 18.4. The summed E-state index contributed by atoms with van der Waals surface area (Å²) in [5.41, 5.74) is 0.00271. The molecule has 0 bridgehead atoms. The maximum absolute atomic E-state index is 12.8. The van der Waals surface area contributed by atoms with Gasteiger partial charge in [0.25, 0.3) is 10.0 Å². The zero-order valence-electron chi connectivity index (χ0n) is 17.6. The van der Waals surface area contributed by atoms with E-state index in [0.29, 0.717) is 50.7 Å². The molecule has 30 heavy (non-hydrogen) atoms. The summed E-state index contributed by atoms with van der Waals surface area (Å²) in [7, 11) is -3.75. The number of carbonyl (C=O) groups excluding carboxylic acids is 2. The molecule has 164 valence electrons. The van der Waals surface area contributed by atoms with Gasteiger partial charge in [-0.3, -0.25) is 4.79 Å². The predicted octanol–water partition coefficient (Wildman–Crippen LogP) is 2.31. The summed E-state index contributed by atoms with van der Waals surface area (Å²) in [6.45, 7) is 7.69. The van der Waals surface area contributed by atoms with Crippen molar-refractivity contribution in [3.8, 4) is 0 Å². The normalized spacial score (nSPS) is 18.2. The van der Waals surface area contributed by atoms with Crippen molar-refractivity contribution in [2.45, 2.75) is 38.5 Å². The number of para-hydroxylation sites is 1. The molecule has 10 heteroatoms. The van der Waals surface area contributed by atoms with E-state index in [0.717, 1.165) is 0 Å². The lowest BCUT2D eigenvalue weighted by atomic mass is 9.84. The van der Waals surface area contributed by atoms with Crippen LogP contribution in [-0.4, -0.2) is 68.8 Å². The second-order valence-electron chi connectivity index (χ2n) is 8.22. The van der Waals surface area contributed by atoms with Gasteiger partial charge in [-0.25, -0.2) is 4.79 Å². The molecule has 0 aromatic heterocycles. The van der Waals surface area contributed by atoms with Crippen LogP contribution in [0, 0.1) is 5.41 Å². The van der Waals surface area contributed by atoms with Crippen LogP contribution in [0.15, 0.2) is 33.6 Å². The van der Waals surface area contributed by atoms with Crippen molar-refractivity contribution in [2.24, 2.45) is 9.81 Å². The highest BCUT2D eigenvalue weighted by molar-refractivity contribution is 7.90. The van der Waals surface area contributed by atoms with E-state index in [9.17, 15) is 18.0 Å². The highest BCUT2D eigenvalue weighted by Crippen LogP contribution is 2.32. The lowest BCUT2D eigenvalue weighted by molar-refractivity contribution is -0.134. The van der Waals surface area contributed by atoms with E-state index in [2.05, 4.69) is 9.71 Å². The Morgan fingerprint density at radius 2 is 1.77 bits per heavy atom. The van der Waals surface area contributed by atoms with E-state index in [1.165, 1.54) is 6.07 Å². The molecular formula is C20H28N4O5S. The first-order valence-electron chi connectivity index (χ1n) is 10.0. The average Bonchev–Trinajstić information content (AvgIpc) is 2.67. The van der Waals surface area contributed by atoms with Crippen LogP contribution in [0.4, 0.5) is 10.5 Å². The average molecular weight is 437 g/mol. The Balaban J connectivity index is 1.59. The summed E-state index contributed by atoms with van der Waals surface area (Å²) in [6.07, 6.45) is 0.206. The zero-order chi connectivity index (χ0) is 21.9. The first-order chi connectivity index (χ1) is 14.1. The molecule has 3 rings (SSSR count). The lowest BCUT2D eigenvalue weighted by Crippen LogP contribution is -2.51. The molecule has 0 spiro atoms. The monoisotopic (exact) mass is 436 g/mol. The molecule has 2 amide bonds. The van der Waals surface area contributed by atoms with Gasteiger partial charge in [0.2, 0.25) is 5.91 Å². The van der Waals surface area contributed by atoms with Crippen molar-refractivity contribution in [1.29, 1.82) is 0 Å². The Hall–Kier alpha value is -2.62. The fourth-order valence-corrected chi connectivity index (χ4v) is 4.78. The standard InChI is InChI=1S/C20H28N4O5S/c1-4-29-19(26)24-11-9-23(10-12-24)18(25)14-20(2,3)13-17-21-15-7-5-6-8-16(15)30(27,28)22-17/h5-8H,4,9-14H2,1-3H3,(H,21,22). The number of hydrogen-bond donors (Lipinski definition) is 1. The van der Waals surface area contributed by atoms with E-state index in [4.69, 9.17) is 4.74 Å². The van der Waals surface area contributed by atoms with Crippen LogP contribution in [0.3, 0.4) is 0 Å². The van der Waals surface area contributed by atoms with Crippen LogP contribution in [0.5, 0.6) is 0 Å². The molecule has 0 aliphatic carbocycles. The van der Waals surface area contributed by atoms with E-state index < -0.39 is 15.4 Å². The van der Waals surface area contributed by atoms with Gasteiger partial charge < -0.3 is 19.9 Å². The summed E-state index contributed by atoms with van der Waals surface area (Å²) in [5.74, 6) is 0.307. The van der Waals surface area contributed by atoms with Gasteiger partial charge in [0.05, 0.1) is 12.3 Å². The number of piperazine rings is 1. The van der Waals surface area contributed by atoms with Gasteiger partial charge in [-0.1, -0.05) is 26.0 Å². The SMILES string of the molecule is CCOC(=O)N1CCN(C(=O)CC(C)(C)CC2=NS(=O)(=O)c3ccccc3N2)CC1. The first-order valence-corrected chi connectivity index (χ1v) is 11.4. The number of rotatable bonds is 5. The van der Waals surface area contributed by atoms with Crippen molar-refractivity contribution in [3.63, 3.8) is 0 Å². The van der Waals surface area contributed by atoms with Gasteiger partial charge in [-0.15, -0.1) is 4.40 Å². The fourth-order valence-electron chi connectivity index (χ4n) is 3.63. The molecule has 1 fully saturated rings. The highest BCUT2D eigenvalue weighted by atomic mass is 32.2. The minimum Gasteiger partial charge on any atom is -0.450 e. The molecule has 2 aliphatic heterocycles. The Morgan fingerprint density at radius 1 is 1.13 bits per heavy atom. The van der Waals surface area contributed by atoms with Crippen molar-refractivity contribution < 1.29 is 22.7 Å². The molecule has 2 heterocycles. The number of amides is 2. The summed E-state index contributed by atoms with van der Waals surface area (Å²) >= 11 is 0. The van der Waals surface area contributed by atoms with Crippen molar-refractivity contribution in [3.05, 3.63) is 24.3 Å². The number of hydrogen-bond acceptors (Lipinski definition) is 6. The third-order valence-corrected chi connectivity index (χ3v) is 6.48. The number of nitrogens with zero attached hydrogens (tertiary/aromatic N) is 3. The molecular weight excluding hydrogens is 408 g/mol. The van der Waals surface area contributed by atoms with Crippen LogP contribution in [0.2, 0.25) is 0 Å². The topological polar surface area (TPSA) is 108 Å². The maximum atomic E-state index is 12.8. The molecule has 1 aromatic rings. The molecule has 1 aromatic carbocycles. The Morgan fingerprint density at radius 3 is 2.43 bits per heavy atom. The number of fused-ring (bicyclic) bond motifs is 1. The summed E-state index contributed by atoms with van der Waals surface area (Å²) < 4.78 is 33.8. The molecule has 0 saturated carbocycles. The minimum atomic E-state index is -3.75. The van der Waals surface area contributed by atoms with Gasteiger partial charge in [-0.05, 0) is 24.5 Å². The number of ether oxygens (including phenoxy) is 1. The maximum Gasteiger partial charge on any atom is 0.409 e. The third-order valence-electron chi connectivity index (χ3n) is 5.11. The van der Waals surface area contributed by atoms with Crippen LogP contribution < -0.4 is 5.32 Å². The van der Waals surface area contributed by atoms with Crippen molar-refractivity contribution in [1.82, 2.24) is 9.80 Å². The number of carbonyl (C=O) groups is 2. The second-order valence-corrected chi connectivity index (χ2v) is 9.79. The van der Waals surface area contributed by atoms with Gasteiger partial charge in [0.15, 0.2) is 0 Å².